The molecule has 148 valence electrons. The fourth-order valence-corrected chi connectivity index (χ4v) is 4.92. The van der Waals surface area contributed by atoms with Gasteiger partial charge in [0.25, 0.3) is 0 Å². The fraction of sp³-hybridized carbons (Fsp3) is 0.333. The summed E-state index contributed by atoms with van der Waals surface area (Å²) in [5.74, 6) is -0.301. The van der Waals surface area contributed by atoms with Gasteiger partial charge in [-0.3, -0.25) is 9.78 Å². The lowest BCUT2D eigenvalue weighted by Gasteiger charge is -2.40. The van der Waals surface area contributed by atoms with Crippen molar-refractivity contribution in [2.24, 2.45) is 0 Å². The number of furan rings is 1. The Bertz CT molecular complexity index is 1020. The SMILES string of the molecule is O=C(Cc1ccc(F)cn1)N1CCC2(CCc3cc(-c4ccoc4)ccc32)CC1. The summed E-state index contributed by atoms with van der Waals surface area (Å²) in [4.78, 5) is 18.6. The highest BCUT2D eigenvalue weighted by atomic mass is 19.1. The van der Waals surface area contributed by atoms with Crippen molar-refractivity contribution in [3.63, 3.8) is 0 Å². The Morgan fingerprint density at radius 3 is 2.69 bits per heavy atom. The highest BCUT2D eigenvalue weighted by molar-refractivity contribution is 5.78. The predicted octanol–water partition coefficient (Wildman–Crippen LogP) is 4.53. The number of aryl methyl sites for hydroxylation is 1. The second-order valence-electron chi connectivity index (χ2n) is 8.19. The molecular formula is C24H23FN2O2. The molecule has 3 aromatic rings. The van der Waals surface area contributed by atoms with Crippen LogP contribution in [0.15, 0.2) is 59.5 Å². The van der Waals surface area contributed by atoms with Crippen LogP contribution in [0.25, 0.3) is 11.1 Å². The molecule has 1 aliphatic heterocycles. The smallest absolute Gasteiger partial charge is 0.228 e. The summed E-state index contributed by atoms with van der Waals surface area (Å²) in [6, 6.07) is 11.7. The van der Waals surface area contributed by atoms with Crippen molar-refractivity contribution in [1.82, 2.24) is 9.88 Å². The summed E-state index contributed by atoms with van der Waals surface area (Å²) in [5.41, 5.74) is 6.01. The summed E-state index contributed by atoms with van der Waals surface area (Å²) in [7, 11) is 0. The van der Waals surface area contributed by atoms with Gasteiger partial charge in [-0.1, -0.05) is 18.2 Å². The molecule has 1 amide bonds. The van der Waals surface area contributed by atoms with Gasteiger partial charge in [-0.15, -0.1) is 0 Å². The van der Waals surface area contributed by atoms with E-state index in [1.807, 2.05) is 11.0 Å². The van der Waals surface area contributed by atoms with Gasteiger partial charge in [0.1, 0.15) is 5.82 Å². The van der Waals surface area contributed by atoms with E-state index < -0.39 is 0 Å². The van der Waals surface area contributed by atoms with E-state index >= 15 is 0 Å². The molecule has 1 aromatic carbocycles. The first-order chi connectivity index (χ1) is 14.1. The van der Waals surface area contributed by atoms with Gasteiger partial charge in [0.2, 0.25) is 5.91 Å². The maximum absolute atomic E-state index is 13.0. The Balaban J connectivity index is 1.27. The normalized spacial score (nSPS) is 17.5. The van der Waals surface area contributed by atoms with Crippen molar-refractivity contribution in [2.45, 2.75) is 37.5 Å². The summed E-state index contributed by atoms with van der Waals surface area (Å²) >= 11 is 0. The van der Waals surface area contributed by atoms with Gasteiger partial charge in [0.05, 0.1) is 25.1 Å². The fourth-order valence-electron chi connectivity index (χ4n) is 4.92. The molecule has 0 bridgehead atoms. The number of aromatic nitrogens is 1. The number of pyridine rings is 1. The molecule has 2 aliphatic rings. The molecule has 4 nitrogen and oxygen atoms in total. The lowest BCUT2D eigenvalue weighted by molar-refractivity contribution is -0.132. The van der Waals surface area contributed by atoms with E-state index in [0.717, 1.165) is 44.3 Å². The quantitative estimate of drug-likeness (QED) is 0.660. The zero-order valence-electron chi connectivity index (χ0n) is 16.2. The number of hydrogen-bond acceptors (Lipinski definition) is 3. The van der Waals surface area contributed by atoms with Gasteiger partial charge < -0.3 is 9.32 Å². The van der Waals surface area contributed by atoms with Crippen LogP contribution in [0.2, 0.25) is 0 Å². The average Bonchev–Trinajstić information content (AvgIpc) is 3.39. The Morgan fingerprint density at radius 2 is 1.97 bits per heavy atom. The molecule has 0 radical (unpaired) electrons. The molecule has 5 rings (SSSR count). The molecule has 1 fully saturated rings. The van der Waals surface area contributed by atoms with Crippen molar-refractivity contribution in [3.8, 4) is 11.1 Å². The van der Waals surface area contributed by atoms with Crippen LogP contribution in [-0.2, 0) is 23.1 Å². The molecular weight excluding hydrogens is 367 g/mol. The van der Waals surface area contributed by atoms with Gasteiger partial charge >= 0.3 is 0 Å². The molecule has 5 heteroatoms. The molecule has 29 heavy (non-hydrogen) atoms. The minimum atomic E-state index is -0.378. The number of fused-ring (bicyclic) bond motifs is 2. The van der Waals surface area contributed by atoms with Crippen molar-refractivity contribution < 1.29 is 13.6 Å². The van der Waals surface area contributed by atoms with E-state index in [9.17, 15) is 9.18 Å². The maximum Gasteiger partial charge on any atom is 0.228 e. The Morgan fingerprint density at radius 1 is 1.10 bits per heavy atom. The molecule has 0 unspecified atom stereocenters. The second-order valence-corrected chi connectivity index (χ2v) is 8.19. The Labute approximate surface area is 169 Å². The standard InChI is InChI=1S/C24H23FN2O2/c25-20-2-3-21(26-15-20)14-23(28)27-10-8-24(9-11-27)7-5-18-13-17(1-4-22(18)24)19-6-12-29-16-19/h1-4,6,12-13,15-16H,5,7-11,14H2. The highest BCUT2D eigenvalue weighted by Gasteiger charge is 2.41. The summed E-state index contributed by atoms with van der Waals surface area (Å²) < 4.78 is 18.2. The zero-order chi connectivity index (χ0) is 19.8. The maximum atomic E-state index is 13.0. The number of piperidine rings is 1. The van der Waals surface area contributed by atoms with Crippen LogP contribution in [0.5, 0.6) is 0 Å². The summed E-state index contributed by atoms with van der Waals surface area (Å²) in [6.07, 6.45) is 9.12. The predicted molar refractivity (Wildman–Crippen MR) is 108 cm³/mol. The first kappa shape index (κ1) is 18.1. The number of amides is 1. The number of benzene rings is 1. The number of rotatable bonds is 3. The summed E-state index contributed by atoms with van der Waals surface area (Å²) in [6.45, 7) is 1.53. The first-order valence-electron chi connectivity index (χ1n) is 10.2. The number of carbonyl (C=O) groups is 1. The number of hydrogen-bond donors (Lipinski definition) is 0. The molecule has 3 heterocycles. The van der Waals surface area contributed by atoms with E-state index in [1.54, 1.807) is 18.6 Å². The van der Waals surface area contributed by atoms with Gasteiger partial charge in [-0.25, -0.2) is 4.39 Å². The molecule has 0 saturated carbocycles. The van der Waals surface area contributed by atoms with Gasteiger partial charge in [0, 0.05) is 24.3 Å². The van der Waals surface area contributed by atoms with Crippen LogP contribution in [0.1, 0.15) is 36.1 Å². The third-order valence-corrected chi connectivity index (χ3v) is 6.60. The van der Waals surface area contributed by atoms with Crippen molar-refractivity contribution in [1.29, 1.82) is 0 Å². The van der Waals surface area contributed by atoms with Gasteiger partial charge in [0.15, 0.2) is 0 Å². The Hall–Kier alpha value is -2.95. The highest BCUT2D eigenvalue weighted by Crippen LogP contribution is 2.47. The third-order valence-electron chi connectivity index (χ3n) is 6.60. The minimum Gasteiger partial charge on any atom is -0.472 e. The van der Waals surface area contributed by atoms with Crippen LogP contribution in [0.3, 0.4) is 0 Å². The van der Waals surface area contributed by atoms with Crippen molar-refractivity contribution >= 4 is 5.91 Å². The van der Waals surface area contributed by atoms with Crippen LogP contribution >= 0.6 is 0 Å². The largest absolute Gasteiger partial charge is 0.472 e. The van der Waals surface area contributed by atoms with Crippen molar-refractivity contribution in [3.05, 3.63) is 77.8 Å². The topological polar surface area (TPSA) is 46.3 Å². The van der Waals surface area contributed by atoms with E-state index in [1.165, 1.54) is 29.0 Å². The number of nitrogens with zero attached hydrogens (tertiary/aromatic N) is 2. The van der Waals surface area contributed by atoms with E-state index in [2.05, 4.69) is 23.2 Å². The number of halogens is 1. The van der Waals surface area contributed by atoms with Crippen LogP contribution < -0.4 is 0 Å². The van der Waals surface area contributed by atoms with Crippen LogP contribution in [0, 0.1) is 5.82 Å². The second kappa shape index (κ2) is 7.14. The molecule has 0 atom stereocenters. The van der Waals surface area contributed by atoms with Crippen molar-refractivity contribution in [2.75, 3.05) is 13.1 Å². The first-order valence-corrected chi connectivity index (χ1v) is 10.2. The third kappa shape index (κ3) is 3.35. The lowest BCUT2D eigenvalue weighted by atomic mass is 9.73. The van der Waals surface area contributed by atoms with E-state index in [-0.39, 0.29) is 23.6 Å². The molecule has 1 aliphatic carbocycles. The zero-order valence-corrected chi connectivity index (χ0v) is 16.2. The lowest BCUT2D eigenvalue weighted by Crippen LogP contribution is -2.45. The van der Waals surface area contributed by atoms with Gasteiger partial charge in [-0.05, 0) is 66.0 Å². The number of likely N-dealkylation sites (tertiary alicyclic amines) is 1. The number of carbonyl (C=O) groups excluding carboxylic acids is 1. The molecule has 1 spiro atoms. The monoisotopic (exact) mass is 390 g/mol. The molecule has 0 N–H and O–H groups in total. The minimum absolute atomic E-state index is 0.0764. The average molecular weight is 390 g/mol. The summed E-state index contributed by atoms with van der Waals surface area (Å²) in [5, 5.41) is 0. The Kier molecular flexibility index (Phi) is 4.46. The molecule has 2 aromatic heterocycles. The van der Waals surface area contributed by atoms with Gasteiger partial charge in [-0.2, -0.15) is 0 Å². The van der Waals surface area contributed by atoms with E-state index in [4.69, 9.17) is 4.42 Å². The molecule has 1 saturated heterocycles. The van der Waals surface area contributed by atoms with Crippen LogP contribution in [0.4, 0.5) is 4.39 Å². The van der Waals surface area contributed by atoms with Crippen LogP contribution in [-0.4, -0.2) is 28.9 Å². The van der Waals surface area contributed by atoms with E-state index in [0.29, 0.717) is 5.69 Å².